The minimum absolute atomic E-state index is 0.00228. The summed E-state index contributed by atoms with van der Waals surface area (Å²) in [4.78, 5) is 13.4. The Hall–Kier alpha value is -1.18. The molecule has 0 spiro atoms. The average molecular weight is 284 g/mol. The topological polar surface area (TPSA) is 88.3 Å². The molecule has 7 heteroatoms. The highest BCUT2D eigenvalue weighted by Gasteiger charge is 2.42. The first kappa shape index (κ1) is 12.8. The molecule has 0 bridgehead atoms. The third kappa shape index (κ3) is 2.72. The predicted molar refractivity (Wildman–Crippen MR) is 68.3 cm³/mol. The van der Waals surface area contributed by atoms with Gasteiger partial charge in [0.1, 0.15) is 0 Å². The highest BCUT2D eigenvalue weighted by molar-refractivity contribution is 7.89. The molecule has 1 aliphatic carbocycles. The number of pyridine rings is 1. The summed E-state index contributed by atoms with van der Waals surface area (Å²) in [5, 5.41) is 0. The van der Waals surface area contributed by atoms with Gasteiger partial charge >= 0.3 is 0 Å². The van der Waals surface area contributed by atoms with Crippen molar-refractivity contribution >= 4 is 10.0 Å². The maximum Gasteiger partial charge on any atom is 0.247 e. The summed E-state index contributed by atoms with van der Waals surface area (Å²) in [7, 11) is -3.60. The van der Waals surface area contributed by atoms with Crippen LogP contribution in [0.3, 0.4) is 0 Å². The molecule has 6 nitrogen and oxygen atoms in total. The number of aromatic nitrogens is 1. The summed E-state index contributed by atoms with van der Waals surface area (Å²) in [5.41, 5.74) is -0.320. The third-order valence-corrected chi connectivity index (χ3v) is 5.08. The normalized spacial score (nSPS) is 27.6. The number of aromatic amines is 1. The second-order valence-electron chi connectivity index (χ2n) is 5.08. The molecule has 1 aromatic heterocycles. The molecule has 2 N–H and O–H groups in total. The first-order valence-corrected chi connectivity index (χ1v) is 7.87. The second kappa shape index (κ2) is 4.73. The van der Waals surface area contributed by atoms with E-state index in [1.165, 1.54) is 18.3 Å². The van der Waals surface area contributed by atoms with Crippen LogP contribution < -0.4 is 10.3 Å². The second-order valence-corrected chi connectivity index (χ2v) is 6.79. The van der Waals surface area contributed by atoms with Crippen molar-refractivity contribution in [1.82, 2.24) is 9.71 Å². The Morgan fingerprint density at radius 1 is 1.26 bits per heavy atom. The molecular formula is C12H16N2O4S. The zero-order valence-electron chi connectivity index (χ0n) is 10.3. The van der Waals surface area contributed by atoms with Gasteiger partial charge in [-0.05, 0) is 31.2 Å². The minimum atomic E-state index is -3.60. The fourth-order valence-electron chi connectivity index (χ4n) is 2.46. The average Bonchev–Trinajstić information content (AvgIpc) is 3.11. The van der Waals surface area contributed by atoms with Gasteiger partial charge in [-0.1, -0.05) is 0 Å². The summed E-state index contributed by atoms with van der Waals surface area (Å²) in [6.07, 6.45) is 4.14. The van der Waals surface area contributed by atoms with Crippen LogP contribution in [0, 0.1) is 5.92 Å². The van der Waals surface area contributed by atoms with E-state index in [4.69, 9.17) is 4.74 Å². The lowest BCUT2D eigenvalue weighted by molar-refractivity contribution is 0.0848. The highest BCUT2D eigenvalue weighted by atomic mass is 32.2. The number of hydrogen-bond donors (Lipinski definition) is 2. The van der Waals surface area contributed by atoms with Crippen molar-refractivity contribution in [1.29, 1.82) is 0 Å². The predicted octanol–water partition coefficient (Wildman–Crippen LogP) is 0.221. The molecule has 1 saturated carbocycles. The van der Waals surface area contributed by atoms with Gasteiger partial charge < -0.3 is 9.72 Å². The first-order valence-electron chi connectivity index (χ1n) is 6.39. The molecule has 1 aromatic rings. The smallest absolute Gasteiger partial charge is 0.247 e. The standard InChI is InChI=1S/C12H16N2O4S/c15-11-4-3-9(7-13-11)19(16,17)14-10-5-6-18-12(10)8-1-2-8/h3-4,7-8,10,12,14H,1-2,5-6H2,(H,13,15). The van der Waals surface area contributed by atoms with Gasteiger partial charge in [0.15, 0.2) is 0 Å². The number of ether oxygens (including phenoxy) is 1. The van der Waals surface area contributed by atoms with Crippen LogP contribution in [0.4, 0.5) is 0 Å². The Bertz CT molecular complexity index is 600. The number of rotatable bonds is 4. The van der Waals surface area contributed by atoms with Gasteiger partial charge in [-0.25, -0.2) is 13.1 Å². The van der Waals surface area contributed by atoms with Crippen LogP contribution >= 0.6 is 0 Å². The number of H-pyrrole nitrogens is 1. The van der Waals surface area contributed by atoms with Crippen molar-refractivity contribution in [3.05, 3.63) is 28.7 Å². The molecule has 1 aliphatic heterocycles. The molecule has 2 atom stereocenters. The summed E-state index contributed by atoms with van der Waals surface area (Å²) < 4.78 is 32.7. The van der Waals surface area contributed by atoms with E-state index in [-0.39, 0.29) is 22.6 Å². The van der Waals surface area contributed by atoms with E-state index in [2.05, 4.69) is 9.71 Å². The van der Waals surface area contributed by atoms with Crippen LogP contribution in [0.5, 0.6) is 0 Å². The Balaban J connectivity index is 1.77. The largest absolute Gasteiger partial charge is 0.376 e. The van der Waals surface area contributed by atoms with E-state index in [1.54, 1.807) is 0 Å². The van der Waals surface area contributed by atoms with Gasteiger partial charge in [0.05, 0.1) is 17.0 Å². The zero-order chi connectivity index (χ0) is 13.5. The highest BCUT2D eigenvalue weighted by Crippen LogP contribution is 2.39. The molecule has 2 aliphatic rings. The summed E-state index contributed by atoms with van der Waals surface area (Å²) in [6.45, 7) is 0.597. The van der Waals surface area contributed by atoms with E-state index in [1.807, 2.05) is 0 Å². The first-order chi connectivity index (χ1) is 9.06. The fourth-order valence-corrected chi connectivity index (χ4v) is 3.71. The Kier molecular flexibility index (Phi) is 3.20. The van der Waals surface area contributed by atoms with E-state index in [9.17, 15) is 13.2 Å². The lowest BCUT2D eigenvalue weighted by Crippen LogP contribution is -2.41. The van der Waals surface area contributed by atoms with E-state index in [0.29, 0.717) is 18.9 Å². The van der Waals surface area contributed by atoms with Crippen LogP contribution in [0.15, 0.2) is 28.0 Å². The van der Waals surface area contributed by atoms with Gasteiger partial charge in [0.25, 0.3) is 0 Å². The maximum absolute atomic E-state index is 12.2. The van der Waals surface area contributed by atoms with Crippen LogP contribution in [0.1, 0.15) is 19.3 Å². The summed E-state index contributed by atoms with van der Waals surface area (Å²) in [6, 6.07) is 2.35. The molecular weight excluding hydrogens is 268 g/mol. The van der Waals surface area contributed by atoms with Crippen molar-refractivity contribution in [3.63, 3.8) is 0 Å². The van der Waals surface area contributed by atoms with Crippen molar-refractivity contribution < 1.29 is 13.2 Å². The quantitative estimate of drug-likeness (QED) is 0.828. The van der Waals surface area contributed by atoms with Gasteiger partial charge in [-0.3, -0.25) is 4.79 Å². The Morgan fingerprint density at radius 3 is 2.68 bits per heavy atom. The third-order valence-electron chi connectivity index (χ3n) is 3.59. The molecule has 104 valence electrons. The van der Waals surface area contributed by atoms with Gasteiger partial charge in [0, 0.05) is 18.9 Å². The summed E-state index contributed by atoms with van der Waals surface area (Å²) >= 11 is 0. The van der Waals surface area contributed by atoms with Gasteiger partial charge in [0.2, 0.25) is 15.6 Å². The Labute approximate surface area is 111 Å². The monoisotopic (exact) mass is 284 g/mol. The lowest BCUT2D eigenvalue weighted by atomic mass is 10.1. The SMILES string of the molecule is O=c1ccc(S(=O)(=O)NC2CCOC2C2CC2)c[nH]1. The molecule has 0 amide bonds. The summed E-state index contributed by atoms with van der Waals surface area (Å²) in [5.74, 6) is 0.491. The van der Waals surface area contributed by atoms with Crippen molar-refractivity contribution in [2.24, 2.45) is 5.92 Å². The molecule has 2 heterocycles. The van der Waals surface area contributed by atoms with E-state index in [0.717, 1.165) is 12.8 Å². The lowest BCUT2D eigenvalue weighted by Gasteiger charge is -2.19. The molecule has 2 unspecified atom stereocenters. The number of sulfonamides is 1. The molecule has 0 aromatic carbocycles. The molecule has 2 fully saturated rings. The van der Waals surface area contributed by atoms with Gasteiger partial charge in [-0.2, -0.15) is 0 Å². The Morgan fingerprint density at radius 2 is 2.05 bits per heavy atom. The van der Waals surface area contributed by atoms with E-state index < -0.39 is 10.0 Å². The van der Waals surface area contributed by atoms with Crippen molar-refractivity contribution in [3.8, 4) is 0 Å². The molecule has 0 radical (unpaired) electrons. The van der Waals surface area contributed by atoms with Gasteiger partial charge in [-0.15, -0.1) is 0 Å². The zero-order valence-corrected chi connectivity index (χ0v) is 11.2. The van der Waals surface area contributed by atoms with Crippen molar-refractivity contribution in [2.45, 2.75) is 36.3 Å². The van der Waals surface area contributed by atoms with E-state index >= 15 is 0 Å². The number of hydrogen-bond acceptors (Lipinski definition) is 4. The van der Waals surface area contributed by atoms with Crippen molar-refractivity contribution in [2.75, 3.05) is 6.61 Å². The molecule has 19 heavy (non-hydrogen) atoms. The van der Waals surface area contributed by atoms with Crippen LogP contribution in [0.2, 0.25) is 0 Å². The molecule has 3 rings (SSSR count). The van der Waals surface area contributed by atoms with Crippen LogP contribution in [0.25, 0.3) is 0 Å². The molecule has 1 saturated heterocycles. The van der Waals surface area contributed by atoms with Crippen LogP contribution in [-0.4, -0.2) is 32.2 Å². The fraction of sp³-hybridized carbons (Fsp3) is 0.583. The van der Waals surface area contributed by atoms with Crippen LogP contribution in [-0.2, 0) is 14.8 Å². The maximum atomic E-state index is 12.2. The minimum Gasteiger partial charge on any atom is -0.376 e. The number of nitrogens with one attached hydrogen (secondary N) is 2.